The zero-order chi connectivity index (χ0) is 15.1. The van der Waals surface area contributed by atoms with Crippen LogP contribution in [0.25, 0.3) is 16.6 Å². The Hall–Kier alpha value is -2.21. The van der Waals surface area contributed by atoms with Gasteiger partial charge < -0.3 is 4.98 Å². The molecule has 0 atom stereocenters. The Morgan fingerprint density at radius 1 is 1.19 bits per heavy atom. The van der Waals surface area contributed by atoms with E-state index in [1.165, 1.54) is 18.2 Å². The maximum absolute atomic E-state index is 13.9. The van der Waals surface area contributed by atoms with E-state index in [1.54, 1.807) is 18.2 Å². The number of rotatable bonds is 1. The quantitative estimate of drug-likeness (QED) is 0.735. The molecule has 0 saturated carbocycles. The monoisotopic (exact) mass is 348 g/mol. The lowest BCUT2D eigenvalue weighted by molar-refractivity contribution is 0.637. The van der Waals surface area contributed by atoms with E-state index >= 15 is 0 Å². The molecule has 0 aliphatic heterocycles. The summed E-state index contributed by atoms with van der Waals surface area (Å²) < 4.78 is 15.7. The van der Waals surface area contributed by atoms with Crippen LogP contribution in [0, 0.1) is 12.7 Å². The molecule has 0 fully saturated rings. The molecule has 3 rings (SSSR count). The average Bonchev–Trinajstić information content (AvgIpc) is 2.42. The molecular formula is C15H10BrFN2O2. The molecule has 0 bridgehead atoms. The molecule has 1 aromatic heterocycles. The first-order chi connectivity index (χ1) is 9.99. The van der Waals surface area contributed by atoms with Gasteiger partial charge in [0, 0.05) is 4.47 Å². The fourth-order valence-corrected chi connectivity index (χ4v) is 2.47. The largest absolute Gasteiger partial charge is 0.333 e. The highest BCUT2D eigenvalue weighted by atomic mass is 79.9. The predicted octanol–water partition coefficient (Wildman–Crippen LogP) is 2.89. The maximum Gasteiger partial charge on any atom is 0.333 e. The van der Waals surface area contributed by atoms with Crippen LogP contribution < -0.4 is 11.2 Å². The van der Waals surface area contributed by atoms with E-state index in [4.69, 9.17) is 0 Å². The molecule has 0 saturated heterocycles. The summed E-state index contributed by atoms with van der Waals surface area (Å²) in [5.41, 5.74) is 0.183. The maximum atomic E-state index is 13.9. The molecular weight excluding hydrogens is 339 g/mol. The van der Waals surface area contributed by atoms with E-state index in [1.807, 2.05) is 6.92 Å². The van der Waals surface area contributed by atoms with Gasteiger partial charge in [-0.15, -0.1) is 0 Å². The van der Waals surface area contributed by atoms with Crippen LogP contribution in [0.1, 0.15) is 5.56 Å². The van der Waals surface area contributed by atoms with Gasteiger partial charge in [0.05, 0.1) is 16.6 Å². The van der Waals surface area contributed by atoms with Gasteiger partial charge in [0.2, 0.25) is 0 Å². The highest BCUT2D eigenvalue weighted by molar-refractivity contribution is 9.10. The van der Waals surface area contributed by atoms with Crippen molar-refractivity contribution in [2.75, 3.05) is 0 Å². The number of nitrogens with one attached hydrogen (secondary N) is 1. The molecule has 21 heavy (non-hydrogen) atoms. The highest BCUT2D eigenvalue weighted by Gasteiger charge is 2.13. The number of aromatic nitrogens is 2. The topological polar surface area (TPSA) is 54.9 Å². The lowest BCUT2D eigenvalue weighted by atomic mass is 10.2. The molecule has 4 nitrogen and oxygen atoms in total. The van der Waals surface area contributed by atoms with Crippen LogP contribution in [-0.4, -0.2) is 9.55 Å². The van der Waals surface area contributed by atoms with Gasteiger partial charge >= 0.3 is 5.69 Å². The number of fused-ring (bicyclic) bond motifs is 1. The summed E-state index contributed by atoms with van der Waals surface area (Å²) in [7, 11) is 0. The van der Waals surface area contributed by atoms with Gasteiger partial charge in [0.1, 0.15) is 5.82 Å². The number of halogens is 2. The van der Waals surface area contributed by atoms with Crippen molar-refractivity contribution in [2.24, 2.45) is 0 Å². The Bertz CT molecular complexity index is 976. The summed E-state index contributed by atoms with van der Waals surface area (Å²) in [5, 5.41) is -0.127. The van der Waals surface area contributed by atoms with E-state index < -0.39 is 17.1 Å². The van der Waals surface area contributed by atoms with Gasteiger partial charge in [-0.2, -0.15) is 0 Å². The second-order valence-corrected chi connectivity index (χ2v) is 5.52. The first-order valence-corrected chi connectivity index (χ1v) is 6.98. The van der Waals surface area contributed by atoms with Crippen molar-refractivity contribution in [1.29, 1.82) is 0 Å². The van der Waals surface area contributed by atoms with Crippen LogP contribution in [0.2, 0.25) is 0 Å². The Morgan fingerprint density at radius 3 is 2.67 bits per heavy atom. The summed E-state index contributed by atoms with van der Waals surface area (Å²) in [4.78, 5) is 27.1. The van der Waals surface area contributed by atoms with Crippen molar-refractivity contribution in [3.05, 3.63) is 73.1 Å². The van der Waals surface area contributed by atoms with Crippen LogP contribution in [0.3, 0.4) is 0 Å². The molecule has 0 amide bonds. The van der Waals surface area contributed by atoms with Gasteiger partial charge in [-0.05, 0) is 42.8 Å². The highest BCUT2D eigenvalue weighted by Crippen LogP contribution is 2.18. The third-order valence-electron chi connectivity index (χ3n) is 3.27. The van der Waals surface area contributed by atoms with Crippen molar-refractivity contribution >= 4 is 26.8 Å². The SMILES string of the molecule is Cc1cc(-n2c(=O)[nH]c3cccc(F)c3c2=O)ccc1Br. The molecule has 3 aromatic rings. The molecule has 6 heteroatoms. The number of H-pyrrole nitrogens is 1. The zero-order valence-electron chi connectivity index (χ0n) is 11.0. The number of hydrogen-bond donors (Lipinski definition) is 1. The van der Waals surface area contributed by atoms with Crippen molar-refractivity contribution in [3.63, 3.8) is 0 Å². The first-order valence-electron chi connectivity index (χ1n) is 6.19. The van der Waals surface area contributed by atoms with E-state index in [-0.39, 0.29) is 10.9 Å². The average molecular weight is 349 g/mol. The van der Waals surface area contributed by atoms with Crippen molar-refractivity contribution < 1.29 is 4.39 Å². The lowest BCUT2D eigenvalue weighted by Crippen LogP contribution is -2.34. The van der Waals surface area contributed by atoms with Crippen molar-refractivity contribution in [3.8, 4) is 5.69 Å². The third kappa shape index (κ3) is 2.21. The second kappa shape index (κ2) is 4.96. The Balaban J connectivity index is 2.43. The van der Waals surface area contributed by atoms with Crippen LogP contribution in [0.5, 0.6) is 0 Å². The fourth-order valence-electron chi connectivity index (χ4n) is 2.22. The molecule has 2 aromatic carbocycles. The van der Waals surface area contributed by atoms with Gasteiger partial charge in [0.25, 0.3) is 5.56 Å². The molecule has 0 radical (unpaired) electrons. The zero-order valence-corrected chi connectivity index (χ0v) is 12.6. The van der Waals surface area contributed by atoms with Crippen LogP contribution >= 0.6 is 15.9 Å². The Morgan fingerprint density at radius 2 is 1.95 bits per heavy atom. The molecule has 0 unspecified atom stereocenters. The van der Waals surface area contributed by atoms with Gasteiger partial charge in [-0.1, -0.05) is 22.0 Å². The second-order valence-electron chi connectivity index (χ2n) is 4.67. The third-order valence-corrected chi connectivity index (χ3v) is 4.16. The number of hydrogen-bond acceptors (Lipinski definition) is 2. The van der Waals surface area contributed by atoms with E-state index in [9.17, 15) is 14.0 Å². The van der Waals surface area contributed by atoms with Crippen LogP contribution in [0.15, 0.2) is 50.5 Å². The Labute approximate surface area is 127 Å². The van der Waals surface area contributed by atoms with E-state index in [2.05, 4.69) is 20.9 Å². The molecule has 0 aliphatic rings. The normalized spacial score (nSPS) is 11.0. The molecule has 0 spiro atoms. The van der Waals surface area contributed by atoms with Crippen molar-refractivity contribution in [1.82, 2.24) is 9.55 Å². The minimum absolute atomic E-state index is 0.127. The minimum atomic E-state index is -0.673. The van der Waals surface area contributed by atoms with E-state index in [0.29, 0.717) is 5.69 Å². The molecule has 0 aliphatic carbocycles. The van der Waals surface area contributed by atoms with Gasteiger partial charge in [0.15, 0.2) is 0 Å². The molecule has 106 valence electrons. The lowest BCUT2D eigenvalue weighted by Gasteiger charge is -2.08. The fraction of sp³-hybridized carbons (Fsp3) is 0.0667. The van der Waals surface area contributed by atoms with Gasteiger partial charge in [-0.3, -0.25) is 4.79 Å². The van der Waals surface area contributed by atoms with Crippen LogP contribution in [0.4, 0.5) is 4.39 Å². The summed E-state index contributed by atoms with van der Waals surface area (Å²) in [6, 6.07) is 9.19. The predicted molar refractivity (Wildman–Crippen MR) is 82.6 cm³/mol. The molecule has 1 N–H and O–H groups in total. The number of nitrogens with zero attached hydrogens (tertiary/aromatic N) is 1. The Kier molecular flexibility index (Phi) is 3.25. The number of benzene rings is 2. The molecule has 1 heterocycles. The summed E-state index contributed by atoms with van der Waals surface area (Å²) in [6.07, 6.45) is 0. The van der Waals surface area contributed by atoms with Crippen LogP contribution in [-0.2, 0) is 0 Å². The first kappa shape index (κ1) is 13.8. The summed E-state index contributed by atoms with van der Waals surface area (Å²) >= 11 is 3.36. The van der Waals surface area contributed by atoms with Gasteiger partial charge in [-0.25, -0.2) is 13.8 Å². The van der Waals surface area contributed by atoms with E-state index in [0.717, 1.165) is 14.6 Å². The van der Waals surface area contributed by atoms with Crippen molar-refractivity contribution in [2.45, 2.75) is 6.92 Å². The standard InChI is InChI=1S/C15H10BrFN2O2/c1-8-7-9(5-6-10(8)16)19-14(20)13-11(17)3-2-4-12(13)18-15(19)21/h2-7H,1H3,(H,18,21). The smallest absolute Gasteiger partial charge is 0.306 e. The minimum Gasteiger partial charge on any atom is -0.306 e. The number of aryl methyl sites for hydroxylation is 1. The summed E-state index contributed by atoms with van der Waals surface area (Å²) in [6.45, 7) is 1.84. The number of aromatic amines is 1. The summed E-state index contributed by atoms with van der Waals surface area (Å²) in [5.74, 6) is -0.656.